The van der Waals surface area contributed by atoms with E-state index in [9.17, 15) is 5.11 Å². The van der Waals surface area contributed by atoms with E-state index in [0.29, 0.717) is 11.4 Å². The lowest BCUT2D eigenvalue weighted by molar-refractivity contribution is 0.313. The Morgan fingerprint density at radius 1 is 1.00 bits per heavy atom. The van der Waals surface area contributed by atoms with Crippen molar-refractivity contribution in [3.8, 4) is 0 Å². The van der Waals surface area contributed by atoms with E-state index in [1.54, 1.807) is 0 Å². The first-order valence-corrected chi connectivity index (χ1v) is 12.1. The fourth-order valence-corrected chi connectivity index (χ4v) is 4.86. The predicted octanol–water partition coefficient (Wildman–Crippen LogP) is 3.93. The number of rotatable bonds is 6. The molecule has 34 heavy (non-hydrogen) atoms. The van der Waals surface area contributed by atoms with Crippen LogP contribution in [-0.2, 0) is 0 Å². The molecular formula is C26H33N7O. The minimum absolute atomic E-state index is 0.163. The zero-order valence-electron chi connectivity index (χ0n) is 20.2. The largest absolute Gasteiger partial charge is 0.509 e. The molecule has 0 atom stereocenters. The summed E-state index contributed by atoms with van der Waals surface area (Å²) in [7, 11) is 2.15. The van der Waals surface area contributed by atoms with Crippen LogP contribution in [0.2, 0.25) is 0 Å². The molecule has 0 spiro atoms. The summed E-state index contributed by atoms with van der Waals surface area (Å²) in [5.74, 6) is 0.956. The van der Waals surface area contributed by atoms with Crippen molar-refractivity contribution in [2.24, 2.45) is 0 Å². The number of aliphatic hydroxyl groups excluding tert-OH is 1. The molecule has 178 valence electrons. The topological polar surface area (TPSA) is 85.7 Å². The molecule has 3 heterocycles. The van der Waals surface area contributed by atoms with Gasteiger partial charge in [-0.2, -0.15) is 0 Å². The molecule has 5 rings (SSSR count). The molecule has 2 aliphatic heterocycles. The number of benzene rings is 2. The van der Waals surface area contributed by atoms with Crippen molar-refractivity contribution in [3.05, 3.63) is 54.0 Å². The van der Waals surface area contributed by atoms with Crippen molar-refractivity contribution >= 4 is 39.5 Å². The minimum atomic E-state index is 0.163. The number of nitrogens with one attached hydrogen (secondary N) is 2. The Hall–Kier alpha value is -3.52. The van der Waals surface area contributed by atoms with Crippen LogP contribution in [0.3, 0.4) is 0 Å². The average molecular weight is 460 g/mol. The van der Waals surface area contributed by atoms with Crippen LogP contribution in [0, 0.1) is 5.41 Å². The smallest absolute Gasteiger partial charge is 0.145 e. The number of hydrogen-bond donors (Lipinski definition) is 3. The van der Waals surface area contributed by atoms with E-state index in [0.717, 1.165) is 61.7 Å². The van der Waals surface area contributed by atoms with E-state index in [1.165, 1.54) is 5.69 Å². The Kier molecular flexibility index (Phi) is 5.91. The molecule has 8 nitrogen and oxygen atoms in total. The highest BCUT2D eigenvalue weighted by Gasteiger charge is 2.31. The molecule has 1 saturated heterocycles. The van der Waals surface area contributed by atoms with Gasteiger partial charge in [-0.25, -0.2) is 4.98 Å². The van der Waals surface area contributed by atoms with E-state index in [4.69, 9.17) is 10.4 Å². The highest BCUT2D eigenvalue weighted by atomic mass is 16.3. The number of likely N-dealkylation sites (N-methyl/N-ethyl adjacent to an activating group) is 1. The van der Waals surface area contributed by atoms with Crippen LogP contribution in [0.5, 0.6) is 0 Å². The fourth-order valence-electron chi connectivity index (χ4n) is 4.86. The third-order valence-corrected chi connectivity index (χ3v) is 6.96. The maximum Gasteiger partial charge on any atom is 0.145 e. The molecule has 3 aromatic rings. The maximum atomic E-state index is 10.8. The van der Waals surface area contributed by atoms with Gasteiger partial charge in [-0.15, -0.1) is 0 Å². The number of hydrogen-bond acceptors (Lipinski definition) is 6. The molecule has 2 aromatic carbocycles. The van der Waals surface area contributed by atoms with Crippen molar-refractivity contribution in [2.75, 3.05) is 67.6 Å². The predicted molar refractivity (Wildman–Crippen MR) is 140 cm³/mol. The summed E-state index contributed by atoms with van der Waals surface area (Å²) < 4.78 is 0. The van der Waals surface area contributed by atoms with Crippen molar-refractivity contribution < 1.29 is 5.11 Å². The summed E-state index contributed by atoms with van der Waals surface area (Å²) in [5.41, 5.74) is 5.43. The van der Waals surface area contributed by atoms with Crippen molar-refractivity contribution in [3.63, 3.8) is 0 Å². The first-order valence-electron chi connectivity index (χ1n) is 12.1. The summed E-state index contributed by atoms with van der Waals surface area (Å²) in [6.07, 6.45) is 0. The number of anilines is 3. The van der Waals surface area contributed by atoms with Gasteiger partial charge < -0.3 is 29.7 Å². The molecule has 2 aliphatic rings. The van der Waals surface area contributed by atoms with E-state index in [-0.39, 0.29) is 18.1 Å². The number of fused-ring (bicyclic) bond motifs is 1. The van der Waals surface area contributed by atoms with Crippen LogP contribution in [0.1, 0.15) is 19.7 Å². The molecule has 3 N–H and O–H groups in total. The fraction of sp³-hybridized carbons (Fsp3) is 0.385. The lowest BCUT2D eigenvalue weighted by atomic mass is 10.2. The molecule has 0 saturated carbocycles. The van der Waals surface area contributed by atoms with Crippen molar-refractivity contribution in [1.29, 1.82) is 5.41 Å². The number of aliphatic hydroxyl groups is 1. The summed E-state index contributed by atoms with van der Waals surface area (Å²) in [5, 5.41) is 19.6. The van der Waals surface area contributed by atoms with Gasteiger partial charge in [0.1, 0.15) is 17.4 Å². The number of imidazole rings is 1. The molecule has 0 radical (unpaired) electrons. The Morgan fingerprint density at radius 3 is 2.35 bits per heavy atom. The third kappa shape index (κ3) is 3.98. The van der Waals surface area contributed by atoms with Crippen LogP contribution < -0.4 is 14.7 Å². The van der Waals surface area contributed by atoms with Gasteiger partial charge in [0.25, 0.3) is 0 Å². The molecule has 1 aromatic heterocycles. The van der Waals surface area contributed by atoms with Gasteiger partial charge in [0.15, 0.2) is 0 Å². The molecule has 8 heteroatoms. The third-order valence-electron chi connectivity index (χ3n) is 6.96. The van der Waals surface area contributed by atoms with Crippen LogP contribution in [0.4, 0.5) is 17.1 Å². The number of nitrogens with zero attached hydrogens (tertiary/aromatic N) is 5. The van der Waals surface area contributed by atoms with E-state index in [1.807, 2.05) is 23.1 Å². The Labute approximate surface area is 200 Å². The molecule has 0 unspecified atom stereocenters. The first kappa shape index (κ1) is 22.3. The SMILES string of the molecule is CCN(CC)c1ccc(N2CC(O)=C(c3nc4ccc(N5CCN(C)CC5)cc4[nH]3)C2=N)cc1. The second kappa shape index (κ2) is 9.02. The highest BCUT2D eigenvalue weighted by molar-refractivity contribution is 6.30. The van der Waals surface area contributed by atoms with Gasteiger partial charge in [-0.1, -0.05) is 0 Å². The maximum absolute atomic E-state index is 10.8. The van der Waals surface area contributed by atoms with E-state index < -0.39 is 0 Å². The standard InChI is InChI=1S/C26H33N7O/c1-4-31(5-2)18-6-8-19(9-7-18)33-17-23(34)24(25(33)27)26-28-21-11-10-20(16-22(21)29-26)32-14-12-30(3)13-15-32/h6-11,16,27,34H,4-5,12-15,17H2,1-3H3,(H,28,29). The van der Waals surface area contributed by atoms with E-state index >= 15 is 0 Å². The molecular weight excluding hydrogens is 426 g/mol. The summed E-state index contributed by atoms with van der Waals surface area (Å²) in [6.45, 7) is 10.6. The molecule has 0 bridgehead atoms. The van der Waals surface area contributed by atoms with Crippen LogP contribution in [0.15, 0.2) is 48.2 Å². The zero-order valence-corrected chi connectivity index (χ0v) is 20.2. The summed E-state index contributed by atoms with van der Waals surface area (Å²) in [6, 6.07) is 14.4. The highest BCUT2D eigenvalue weighted by Crippen LogP contribution is 2.32. The lowest BCUT2D eigenvalue weighted by Crippen LogP contribution is -2.44. The van der Waals surface area contributed by atoms with Gasteiger partial charge in [0, 0.05) is 56.3 Å². The number of piperazine rings is 1. The zero-order chi connectivity index (χ0) is 23.8. The first-order chi connectivity index (χ1) is 16.5. The van der Waals surface area contributed by atoms with Gasteiger partial charge in [0.05, 0.1) is 23.2 Å². The monoisotopic (exact) mass is 459 g/mol. The van der Waals surface area contributed by atoms with Crippen LogP contribution >= 0.6 is 0 Å². The van der Waals surface area contributed by atoms with E-state index in [2.05, 4.69) is 64.8 Å². The summed E-state index contributed by atoms with van der Waals surface area (Å²) >= 11 is 0. The normalized spacial score (nSPS) is 17.3. The summed E-state index contributed by atoms with van der Waals surface area (Å²) in [4.78, 5) is 16.9. The number of aromatic amines is 1. The van der Waals surface area contributed by atoms with Gasteiger partial charge in [-0.3, -0.25) is 5.41 Å². The molecule has 1 fully saturated rings. The quantitative estimate of drug-likeness (QED) is 0.518. The number of amidine groups is 1. The lowest BCUT2D eigenvalue weighted by Gasteiger charge is -2.34. The van der Waals surface area contributed by atoms with Crippen molar-refractivity contribution in [2.45, 2.75) is 13.8 Å². The van der Waals surface area contributed by atoms with Crippen LogP contribution in [-0.4, -0.2) is 78.7 Å². The Balaban J connectivity index is 1.37. The second-order valence-electron chi connectivity index (χ2n) is 9.02. The number of aromatic nitrogens is 2. The van der Waals surface area contributed by atoms with Gasteiger partial charge >= 0.3 is 0 Å². The Bertz CT molecular complexity index is 1220. The minimum Gasteiger partial charge on any atom is -0.509 e. The van der Waals surface area contributed by atoms with Crippen molar-refractivity contribution in [1.82, 2.24) is 14.9 Å². The number of H-pyrrole nitrogens is 1. The van der Waals surface area contributed by atoms with Crippen LogP contribution in [0.25, 0.3) is 16.6 Å². The van der Waals surface area contributed by atoms with Gasteiger partial charge in [-0.05, 0) is 63.4 Å². The van der Waals surface area contributed by atoms with Gasteiger partial charge in [0.2, 0.25) is 0 Å². The molecule has 0 amide bonds. The Morgan fingerprint density at radius 2 is 1.68 bits per heavy atom. The molecule has 0 aliphatic carbocycles. The average Bonchev–Trinajstić information content (AvgIpc) is 3.39. The second-order valence-corrected chi connectivity index (χ2v) is 9.02.